The number of rotatable bonds is 6. The molecule has 1 fully saturated rings. The molecule has 0 unspecified atom stereocenters. The summed E-state index contributed by atoms with van der Waals surface area (Å²) in [6, 6.07) is 7.39. The summed E-state index contributed by atoms with van der Waals surface area (Å²) in [6.45, 7) is 5.55. The molecule has 1 aromatic carbocycles. The predicted octanol–water partition coefficient (Wildman–Crippen LogP) is 4.08. The Balaban J connectivity index is 1.75. The van der Waals surface area contributed by atoms with E-state index in [1.165, 1.54) is 15.9 Å². The first-order valence-electron chi connectivity index (χ1n) is 10.2. The van der Waals surface area contributed by atoms with Crippen molar-refractivity contribution >= 4 is 33.9 Å². The number of nitrogens with zero attached hydrogens (tertiary/aromatic N) is 4. The third-order valence-electron chi connectivity index (χ3n) is 5.41. The highest BCUT2D eigenvalue weighted by molar-refractivity contribution is 7.17. The normalized spacial score (nSPS) is 18.6. The highest BCUT2D eigenvalue weighted by Gasteiger charge is 2.35. The molecule has 7 nitrogen and oxygen atoms in total. The molecule has 3 heterocycles. The van der Waals surface area contributed by atoms with Gasteiger partial charge >= 0.3 is 5.97 Å². The van der Waals surface area contributed by atoms with Gasteiger partial charge in [-0.2, -0.15) is 4.52 Å². The molecule has 3 aromatic rings. The molecule has 2 aromatic heterocycles. The smallest absolute Gasteiger partial charge is 0.310 e. The first-order valence-corrected chi connectivity index (χ1v) is 11.4. The van der Waals surface area contributed by atoms with Crippen LogP contribution in [0.25, 0.3) is 4.96 Å². The fraction of sp³-hybridized carbons (Fsp3) is 0.476. The number of esters is 1. The summed E-state index contributed by atoms with van der Waals surface area (Å²) < 4.78 is 6.77. The first kappa shape index (κ1) is 21.1. The van der Waals surface area contributed by atoms with E-state index in [1.807, 2.05) is 38.1 Å². The van der Waals surface area contributed by atoms with Crippen LogP contribution in [0.15, 0.2) is 24.3 Å². The molecule has 0 radical (unpaired) electrons. The van der Waals surface area contributed by atoms with E-state index in [1.54, 1.807) is 0 Å². The number of halogens is 1. The number of thiazole rings is 1. The summed E-state index contributed by atoms with van der Waals surface area (Å²) in [4.78, 5) is 20.5. The Morgan fingerprint density at radius 3 is 2.97 bits per heavy atom. The van der Waals surface area contributed by atoms with Crippen molar-refractivity contribution in [2.45, 2.75) is 39.2 Å². The first-order chi connectivity index (χ1) is 14.5. The standard InChI is InChI=1S/C21H25ClN4O3S/c1-3-16-23-21-26(24-16)19(27)18(30-21)17(13-7-5-9-15(22)11-13)25-10-6-8-14(12-25)20(28)29-4-2/h5,7,9,11,14,17,27H,3-4,6,8,10,12H2,1-2H3/t14-,17-/m1/s1. The highest BCUT2D eigenvalue weighted by atomic mass is 35.5. The van der Waals surface area contributed by atoms with E-state index in [4.69, 9.17) is 16.3 Å². The lowest BCUT2D eigenvalue weighted by Crippen LogP contribution is -2.41. The van der Waals surface area contributed by atoms with Crippen molar-refractivity contribution in [3.63, 3.8) is 0 Å². The number of fused-ring (bicyclic) bond motifs is 1. The second-order valence-electron chi connectivity index (χ2n) is 7.41. The summed E-state index contributed by atoms with van der Waals surface area (Å²) in [6.07, 6.45) is 2.38. The fourth-order valence-electron chi connectivity index (χ4n) is 4.02. The highest BCUT2D eigenvalue weighted by Crippen LogP contribution is 2.42. The van der Waals surface area contributed by atoms with Crippen molar-refractivity contribution in [2.75, 3.05) is 19.7 Å². The maximum absolute atomic E-state index is 12.4. The van der Waals surface area contributed by atoms with Crippen molar-refractivity contribution in [1.82, 2.24) is 19.5 Å². The summed E-state index contributed by atoms with van der Waals surface area (Å²) in [5.74, 6) is 0.441. The lowest BCUT2D eigenvalue weighted by atomic mass is 9.94. The van der Waals surface area contributed by atoms with Gasteiger partial charge < -0.3 is 9.84 Å². The van der Waals surface area contributed by atoms with Gasteiger partial charge in [-0.1, -0.05) is 42.0 Å². The third-order valence-corrected chi connectivity index (χ3v) is 6.72. The molecular weight excluding hydrogens is 424 g/mol. The number of piperidine rings is 1. The molecule has 160 valence electrons. The second-order valence-corrected chi connectivity index (χ2v) is 8.86. The molecule has 0 aliphatic carbocycles. The van der Waals surface area contributed by atoms with Gasteiger partial charge in [-0.25, -0.2) is 4.98 Å². The Morgan fingerprint density at radius 2 is 2.27 bits per heavy atom. The summed E-state index contributed by atoms with van der Waals surface area (Å²) in [7, 11) is 0. The van der Waals surface area contributed by atoms with Crippen molar-refractivity contribution in [3.8, 4) is 5.88 Å². The molecule has 0 saturated carbocycles. The summed E-state index contributed by atoms with van der Waals surface area (Å²) >= 11 is 7.71. The Bertz CT molecular complexity index is 1050. The zero-order valence-electron chi connectivity index (χ0n) is 17.0. The molecule has 1 saturated heterocycles. The van der Waals surface area contributed by atoms with Gasteiger partial charge in [-0.15, -0.1) is 5.10 Å². The summed E-state index contributed by atoms with van der Waals surface area (Å²) in [5, 5.41) is 16.0. The van der Waals surface area contributed by atoms with Crippen LogP contribution in [-0.4, -0.2) is 50.3 Å². The number of aromatic hydroxyl groups is 1. The largest absolute Gasteiger partial charge is 0.492 e. The Hall–Kier alpha value is -2.16. The van der Waals surface area contributed by atoms with Crippen LogP contribution in [0, 0.1) is 5.92 Å². The average Bonchev–Trinajstić information content (AvgIpc) is 3.28. The second kappa shape index (κ2) is 8.91. The molecule has 30 heavy (non-hydrogen) atoms. The minimum Gasteiger partial charge on any atom is -0.492 e. The van der Waals surface area contributed by atoms with Gasteiger partial charge in [-0.3, -0.25) is 9.69 Å². The molecule has 9 heteroatoms. The van der Waals surface area contributed by atoms with E-state index in [0.29, 0.717) is 35.4 Å². The third kappa shape index (κ3) is 4.04. The molecular formula is C21H25ClN4O3S. The molecule has 1 N–H and O–H groups in total. The maximum Gasteiger partial charge on any atom is 0.310 e. The number of carbonyl (C=O) groups is 1. The number of aryl methyl sites for hydroxylation is 1. The van der Waals surface area contributed by atoms with Gasteiger partial charge in [0.2, 0.25) is 10.8 Å². The minimum absolute atomic E-state index is 0.0884. The van der Waals surface area contributed by atoms with Gasteiger partial charge in [0, 0.05) is 18.0 Å². The Labute approximate surface area is 184 Å². The van der Waals surface area contributed by atoms with E-state index in [0.717, 1.165) is 29.8 Å². The van der Waals surface area contributed by atoms with Crippen LogP contribution in [-0.2, 0) is 16.0 Å². The quantitative estimate of drug-likeness (QED) is 0.572. The zero-order valence-corrected chi connectivity index (χ0v) is 18.6. The molecule has 1 aliphatic heterocycles. The zero-order chi connectivity index (χ0) is 21.3. The number of ether oxygens (including phenoxy) is 1. The Morgan fingerprint density at radius 1 is 1.43 bits per heavy atom. The fourth-order valence-corrected chi connectivity index (χ4v) is 5.35. The number of carbonyl (C=O) groups excluding carboxylic acids is 1. The van der Waals surface area contributed by atoms with Crippen molar-refractivity contribution < 1.29 is 14.6 Å². The molecule has 0 spiro atoms. The van der Waals surface area contributed by atoms with Crippen LogP contribution in [0.1, 0.15) is 49.0 Å². The van der Waals surface area contributed by atoms with Gasteiger partial charge in [0.1, 0.15) is 0 Å². The Kier molecular flexibility index (Phi) is 6.26. The lowest BCUT2D eigenvalue weighted by molar-refractivity contribution is -0.150. The molecule has 4 rings (SSSR count). The number of hydrogen-bond donors (Lipinski definition) is 1. The monoisotopic (exact) mass is 448 g/mol. The van der Waals surface area contributed by atoms with E-state index >= 15 is 0 Å². The predicted molar refractivity (Wildman–Crippen MR) is 116 cm³/mol. The van der Waals surface area contributed by atoms with Crippen LogP contribution in [0.3, 0.4) is 0 Å². The molecule has 0 bridgehead atoms. The summed E-state index contributed by atoms with van der Waals surface area (Å²) in [5.41, 5.74) is 0.961. The number of aromatic nitrogens is 3. The van der Waals surface area contributed by atoms with E-state index in [9.17, 15) is 9.90 Å². The van der Waals surface area contributed by atoms with Crippen molar-refractivity contribution in [1.29, 1.82) is 0 Å². The molecule has 0 amide bonds. The van der Waals surface area contributed by atoms with Gasteiger partial charge in [0.15, 0.2) is 5.82 Å². The van der Waals surface area contributed by atoms with Crippen molar-refractivity contribution in [2.24, 2.45) is 5.92 Å². The topological polar surface area (TPSA) is 80.0 Å². The van der Waals surface area contributed by atoms with E-state index < -0.39 is 0 Å². The van der Waals surface area contributed by atoms with Crippen LogP contribution in [0.4, 0.5) is 0 Å². The SMILES string of the molecule is CCOC(=O)[C@@H]1CCCN([C@H](c2cccc(Cl)c2)c2sc3nc(CC)nn3c2O)C1. The van der Waals surface area contributed by atoms with E-state index in [2.05, 4.69) is 15.0 Å². The molecule has 1 aliphatic rings. The number of benzene rings is 1. The van der Waals surface area contributed by atoms with Gasteiger partial charge in [0.25, 0.3) is 0 Å². The minimum atomic E-state index is -0.250. The number of likely N-dealkylation sites (tertiary alicyclic amines) is 1. The van der Waals surface area contributed by atoms with Crippen molar-refractivity contribution in [3.05, 3.63) is 45.6 Å². The number of hydrogen-bond acceptors (Lipinski definition) is 7. The van der Waals surface area contributed by atoms with Crippen LogP contribution in [0.2, 0.25) is 5.02 Å². The van der Waals surface area contributed by atoms with Crippen LogP contribution in [0.5, 0.6) is 5.88 Å². The average molecular weight is 449 g/mol. The maximum atomic E-state index is 12.4. The lowest BCUT2D eigenvalue weighted by Gasteiger charge is -2.37. The van der Waals surface area contributed by atoms with Crippen LogP contribution >= 0.6 is 22.9 Å². The van der Waals surface area contributed by atoms with E-state index in [-0.39, 0.29) is 23.8 Å². The van der Waals surface area contributed by atoms with Gasteiger partial charge in [-0.05, 0) is 44.0 Å². The van der Waals surface area contributed by atoms with Gasteiger partial charge in [0.05, 0.1) is 23.4 Å². The van der Waals surface area contributed by atoms with Crippen LogP contribution < -0.4 is 0 Å². The molecule has 2 atom stereocenters.